The van der Waals surface area contributed by atoms with Crippen molar-refractivity contribution in [3.8, 4) is 17.6 Å². The number of methoxy groups -OCH3 is 1. The van der Waals surface area contributed by atoms with E-state index in [1.54, 1.807) is 42.6 Å². The minimum absolute atomic E-state index is 0.128. The molecule has 1 aliphatic heterocycles. The predicted octanol–water partition coefficient (Wildman–Crippen LogP) is 6.14. The van der Waals surface area contributed by atoms with Crippen LogP contribution in [-0.2, 0) is 16.9 Å². The van der Waals surface area contributed by atoms with Crippen molar-refractivity contribution in [2.75, 3.05) is 26.7 Å². The molecule has 5 rings (SSSR count). The second kappa shape index (κ2) is 13.7. The van der Waals surface area contributed by atoms with Gasteiger partial charge >= 0.3 is 5.97 Å². The van der Waals surface area contributed by atoms with Gasteiger partial charge in [0.15, 0.2) is 17.1 Å². The molecule has 0 amide bonds. The Morgan fingerprint density at radius 2 is 1.82 bits per heavy atom. The zero-order valence-electron chi connectivity index (χ0n) is 25.3. The molecule has 1 saturated heterocycles. The Balaban J connectivity index is 1.33. The molecular weight excluding hydrogens is 580 g/mol. The van der Waals surface area contributed by atoms with Crippen LogP contribution in [0.5, 0.6) is 11.5 Å². The van der Waals surface area contributed by atoms with Crippen molar-refractivity contribution in [2.45, 2.75) is 56.8 Å². The number of carboxylic acids is 1. The molecule has 8 nitrogen and oxygen atoms in total. The number of nitriles is 1. The van der Waals surface area contributed by atoms with Gasteiger partial charge in [-0.2, -0.15) is 5.26 Å². The molecule has 2 unspecified atom stereocenters. The van der Waals surface area contributed by atoms with Gasteiger partial charge in [0.05, 0.1) is 30.2 Å². The number of carboxylic acid groups (broad SMARTS) is 1. The van der Waals surface area contributed by atoms with Crippen LogP contribution in [0.15, 0.2) is 72.9 Å². The van der Waals surface area contributed by atoms with Crippen LogP contribution in [0.2, 0.25) is 0 Å². The number of likely N-dealkylation sites (tertiary alicyclic amines) is 1. The third kappa shape index (κ3) is 6.80. The largest absolute Gasteiger partial charge is 0.493 e. The first-order valence-corrected chi connectivity index (χ1v) is 15.0. The number of aliphatic hydroxyl groups is 1. The first kappa shape index (κ1) is 31.9. The zero-order valence-corrected chi connectivity index (χ0v) is 25.3. The fourth-order valence-corrected chi connectivity index (χ4v) is 6.15. The highest BCUT2D eigenvalue weighted by atomic mass is 19.3. The van der Waals surface area contributed by atoms with Gasteiger partial charge in [-0.1, -0.05) is 49.4 Å². The summed E-state index contributed by atoms with van der Waals surface area (Å²) in [5.74, 6) is -0.622. The van der Waals surface area contributed by atoms with E-state index in [0.717, 1.165) is 5.56 Å². The maximum absolute atomic E-state index is 14.8. The summed E-state index contributed by atoms with van der Waals surface area (Å²) >= 11 is 0. The predicted molar refractivity (Wildman–Crippen MR) is 166 cm³/mol. The lowest BCUT2D eigenvalue weighted by Crippen LogP contribution is -2.49. The maximum Gasteiger partial charge on any atom is 0.310 e. The molecular formula is C35H37F2N3O5. The molecule has 1 aromatic heterocycles. The number of hydrogen-bond donors (Lipinski definition) is 2. The van der Waals surface area contributed by atoms with E-state index in [0.29, 0.717) is 72.4 Å². The van der Waals surface area contributed by atoms with Crippen molar-refractivity contribution in [3.63, 3.8) is 0 Å². The summed E-state index contributed by atoms with van der Waals surface area (Å²) in [6.07, 6.45) is -0.158. The van der Waals surface area contributed by atoms with Gasteiger partial charge in [-0.05, 0) is 54.7 Å². The van der Waals surface area contributed by atoms with E-state index in [-0.39, 0.29) is 18.2 Å². The number of piperidine rings is 1. The Kier molecular flexibility index (Phi) is 9.71. The second-order valence-electron chi connectivity index (χ2n) is 11.5. The van der Waals surface area contributed by atoms with Gasteiger partial charge in [-0.25, -0.2) is 8.78 Å². The normalized spacial score (nSPS) is 16.3. The van der Waals surface area contributed by atoms with Crippen LogP contribution < -0.4 is 9.47 Å². The summed E-state index contributed by atoms with van der Waals surface area (Å²) in [5.41, 5.74) is 0.285. The first-order valence-electron chi connectivity index (χ1n) is 15.0. The topological polar surface area (TPSA) is 108 Å². The van der Waals surface area contributed by atoms with E-state index < -0.39 is 23.9 Å². The van der Waals surface area contributed by atoms with Crippen molar-refractivity contribution >= 4 is 16.9 Å². The molecule has 0 saturated carbocycles. The second-order valence-corrected chi connectivity index (χ2v) is 11.5. The maximum atomic E-state index is 14.8. The lowest BCUT2D eigenvalue weighted by atomic mass is 9.91. The Morgan fingerprint density at radius 3 is 2.44 bits per heavy atom. The standard InChI is InChI=1S/C35H37F2N3O5/c1-3-27(33(41)42)25-10-12-31(32(18-25)44-2)45-26-13-15-39(16-14-26)22-35(43,34(36)37)29-21-40(20-23-7-5-4-6-8-23)30-17-24(19-38)9-11-28(29)30/h4-12,17-18,21,26-27,34,43H,3,13-16,20,22H2,1-2H3,(H,41,42). The Bertz CT molecular complexity index is 1680. The number of alkyl halides is 2. The van der Waals surface area contributed by atoms with E-state index in [9.17, 15) is 29.1 Å². The van der Waals surface area contributed by atoms with Crippen LogP contribution in [0.25, 0.3) is 10.9 Å². The summed E-state index contributed by atoms with van der Waals surface area (Å²) in [4.78, 5) is 13.4. The van der Waals surface area contributed by atoms with E-state index in [1.807, 2.05) is 46.7 Å². The molecule has 0 aliphatic carbocycles. The highest BCUT2D eigenvalue weighted by Gasteiger charge is 2.44. The summed E-state index contributed by atoms with van der Waals surface area (Å²) in [6, 6.07) is 21.7. The molecule has 3 aromatic carbocycles. The van der Waals surface area contributed by atoms with Crippen molar-refractivity contribution < 1.29 is 33.3 Å². The number of carbonyl (C=O) groups is 1. The van der Waals surface area contributed by atoms with Crippen LogP contribution in [0, 0.1) is 11.3 Å². The number of ether oxygens (including phenoxy) is 2. The van der Waals surface area contributed by atoms with Gasteiger partial charge in [0.1, 0.15) is 6.10 Å². The minimum atomic E-state index is -3.06. The van der Waals surface area contributed by atoms with E-state index in [1.165, 1.54) is 7.11 Å². The number of hydrogen-bond acceptors (Lipinski definition) is 6. The van der Waals surface area contributed by atoms with E-state index >= 15 is 0 Å². The number of halogens is 2. The third-order valence-electron chi connectivity index (χ3n) is 8.62. The third-order valence-corrected chi connectivity index (χ3v) is 8.62. The van der Waals surface area contributed by atoms with Crippen molar-refractivity contribution in [1.29, 1.82) is 5.26 Å². The number of rotatable bonds is 12. The number of nitrogens with zero attached hydrogens (tertiary/aromatic N) is 3. The molecule has 236 valence electrons. The fraction of sp³-hybridized carbons (Fsp3) is 0.371. The Hall–Kier alpha value is -4.46. The van der Waals surface area contributed by atoms with Gasteiger partial charge in [0, 0.05) is 43.3 Å². The molecule has 0 spiro atoms. The highest BCUT2D eigenvalue weighted by molar-refractivity contribution is 5.86. The summed E-state index contributed by atoms with van der Waals surface area (Å²) in [6.45, 7) is 2.80. The van der Waals surface area contributed by atoms with Crippen molar-refractivity contribution in [1.82, 2.24) is 9.47 Å². The Labute approximate surface area is 261 Å². The number of fused-ring (bicyclic) bond motifs is 1. The molecule has 0 bridgehead atoms. The molecule has 2 heterocycles. The van der Waals surface area contributed by atoms with Crippen molar-refractivity contribution in [3.05, 3.63) is 95.2 Å². The van der Waals surface area contributed by atoms with Crippen LogP contribution in [0.3, 0.4) is 0 Å². The summed E-state index contributed by atoms with van der Waals surface area (Å²) in [5, 5.41) is 31.1. The van der Waals surface area contributed by atoms with Crippen LogP contribution >= 0.6 is 0 Å². The number of benzene rings is 3. The lowest BCUT2D eigenvalue weighted by molar-refractivity contribution is -0.138. The summed E-state index contributed by atoms with van der Waals surface area (Å²) in [7, 11) is 1.50. The average molecular weight is 618 g/mol. The monoisotopic (exact) mass is 617 g/mol. The molecule has 10 heteroatoms. The smallest absolute Gasteiger partial charge is 0.310 e. The number of aromatic nitrogens is 1. The molecule has 1 aliphatic rings. The molecule has 4 aromatic rings. The van der Waals surface area contributed by atoms with Crippen molar-refractivity contribution in [2.24, 2.45) is 0 Å². The molecule has 0 radical (unpaired) electrons. The Morgan fingerprint density at radius 1 is 1.09 bits per heavy atom. The van der Waals surface area contributed by atoms with Gasteiger partial charge in [-0.15, -0.1) is 0 Å². The van der Waals surface area contributed by atoms with Crippen LogP contribution in [-0.4, -0.2) is 64.9 Å². The van der Waals surface area contributed by atoms with Gasteiger partial charge in [-0.3, -0.25) is 9.69 Å². The van der Waals surface area contributed by atoms with Gasteiger partial charge < -0.3 is 24.3 Å². The average Bonchev–Trinajstić information content (AvgIpc) is 3.40. The molecule has 2 N–H and O–H groups in total. The molecule has 2 atom stereocenters. The first-order chi connectivity index (χ1) is 21.7. The van der Waals surface area contributed by atoms with Crippen LogP contribution in [0.4, 0.5) is 8.78 Å². The quantitative estimate of drug-likeness (QED) is 0.197. The van der Waals surface area contributed by atoms with Gasteiger partial charge in [0.2, 0.25) is 0 Å². The summed E-state index contributed by atoms with van der Waals surface area (Å²) < 4.78 is 43.2. The molecule has 1 fully saturated rings. The lowest BCUT2D eigenvalue weighted by Gasteiger charge is -2.38. The van der Waals surface area contributed by atoms with E-state index in [4.69, 9.17) is 9.47 Å². The minimum Gasteiger partial charge on any atom is -0.493 e. The van der Waals surface area contributed by atoms with E-state index in [2.05, 4.69) is 6.07 Å². The number of aliphatic carboxylic acids is 1. The SMILES string of the molecule is CCC(C(=O)O)c1ccc(OC2CCN(CC(O)(c3cn(Cc4ccccc4)c4cc(C#N)ccc34)C(F)F)CC2)c(OC)c1. The van der Waals surface area contributed by atoms with Crippen LogP contribution in [0.1, 0.15) is 54.4 Å². The molecule has 45 heavy (non-hydrogen) atoms. The van der Waals surface area contributed by atoms with Gasteiger partial charge in [0.25, 0.3) is 6.43 Å². The number of β-amino-alcohol motifs (C(OH)–C–C–N with tert-alkyl or cyclic N) is 1. The highest BCUT2D eigenvalue weighted by Crippen LogP contribution is 2.38. The zero-order chi connectivity index (χ0) is 32.1. The fourth-order valence-electron chi connectivity index (χ4n) is 6.15.